The number of thioether (sulfide) groups is 1. The molecule has 0 N–H and O–H groups in total. The molecule has 0 aromatic heterocycles. The van der Waals surface area contributed by atoms with E-state index < -0.39 is 5.60 Å². The van der Waals surface area contributed by atoms with Gasteiger partial charge in [0, 0.05) is 44.6 Å². The highest BCUT2D eigenvalue weighted by Gasteiger charge is 2.26. The number of allylic oxidation sites excluding steroid dienone is 1. The molecule has 1 saturated heterocycles. The van der Waals surface area contributed by atoms with E-state index in [9.17, 15) is 10.1 Å². The highest BCUT2D eigenvalue weighted by molar-refractivity contribution is 8.14. The molecule has 1 fully saturated rings. The number of rotatable bonds is 2. The van der Waals surface area contributed by atoms with Crippen molar-refractivity contribution in [2.24, 2.45) is 4.99 Å². The summed E-state index contributed by atoms with van der Waals surface area (Å²) in [5.74, 6) is 0.983. The van der Waals surface area contributed by atoms with Crippen molar-refractivity contribution in [2.75, 3.05) is 38.5 Å². The normalized spacial score (nSPS) is 19.7. The van der Waals surface area contributed by atoms with Crippen LogP contribution >= 0.6 is 11.8 Å². The van der Waals surface area contributed by atoms with Gasteiger partial charge in [-0.05, 0) is 20.8 Å². The van der Waals surface area contributed by atoms with Crippen LogP contribution in [0, 0.1) is 11.3 Å². The molecule has 2 aliphatic heterocycles. The molecule has 0 radical (unpaired) electrons. The van der Waals surface area contributed by atoms with Crippen LogP contribution in [0.25, 0.3) is 0 Å². The zero-order chi connectivity index (χ0) is 16.2. The molecule has 0 saturated carbocycles. The predicted octanol–water partition coefficient (Wildman–Crippen LogP) is 2.09. The Labute approximate surface area is 135 Å². The summed E-state index contributed by atoms with van der Waals surface area (Å²) in [4.78, 5) is 20.1. The molecule has 22 heavy (non-hydrogen) atoms. The number of ether oxygens (including phenoxy) is 1. The molecule has 0 bridgehead atoms. The van der Waals surface area contributed by atoms with E-state index in [2.05, 4.69) is 11.1 Å². The smallest absolute Gasteiger partial charge is 0.410 e. The van der Waals surface area contributed by atoms with Crippen LogP contribution in [0.15, 0.2) is 16.8 Å². The lowest BCUT2D eigenvalue weighted by atomic mass is 10.2. The molecule has 2 heterocycles. The Morgan fingerprint density at radius 3 is 2.45 bits per heavy atom. The van der Waals surface area contributed by atoms with Gasteiger partial charge >= 0.3 is 6.09 Å². The molecule has 120 valence electrons. The van der Waals surface area contributed by atoms with Crippen molar-refractivity contribution >= 4 is 22.9 Å². The lowest BCUT2D eigenvalue weighted by Gasteiger charge is -2.36. The predicted molar refractivity (Wildman–Crippen MR) is 87.8 cm³/mol. The van der Waals surface area contributed by atoms with Gasteiger partial charge in [0.05, 0.1) is 5.04 Å². The van der Waals surface area contributed by atoms with Gasteiger partial charge in [-0.15, -0.1) is 11.8 Å². The largest absolute Gasteiger partial charge is 0.444 e. The number of nitriles is 1. The van der Waals surface area contributed by atoms with Crippen molar-refractivity contribution in [2.45, 2.75) is 26.4 Å². The van der Waals surface area contributed by atoms with E-state index in [0.717, 1.165) is 17.3 Å². The maximum absolute atomic E-state index is 12.0. The van der Waals surface area contributed by atoms with Gasteiger partial charge in [-0.3, -0.25) is 4.99 Å². The fraction of sp³-hybridized carbons (Fsp3) is 0.667. The van der Waals surface area contributed by atoms with Gasteiger partial charge in [0.15, 0.2) is 0 Å². The van der Waals surface area contributed by atoms with E-state index in [1.54, 1.807) is 16.7 Å². The Kier molecular flexibility index (Phi) is 5.35. The first-order valence-corrected chi connectivity index (χ1v) is 8.39. The molecule has 0 aromatic carbocycles. The van der Waals surface area contributed by atoms with E-state index in [1.807, 2.05) is 31.7 Å². The Bertz CT molecular complexity index is 523. The summed E-state index contributed by atoms with van der Waals surface area (Å²) >= 11 is 1.67. The number of amides is 1. The minimum Gasteiger partial charge on any atom is -0.444 e. The second-order valence-corrected chi connectivity index (χ2v) is 7.28. The quantitative estimate of drug-likeness (QED) is 0.728. The van der Waals surface area contributed by atoms with Crippen molar-refractivity contribution in [3.63, 3.8) is 0 Å². The third-order valence-electron chi connectivity index (χ3n) is 3.26. The van der Waals surface area contributed by atoms with E-state index in [0.29, 0.717) is 31.9 Å². The summed E-state index contributed by atoms with van der Waals surface area (Å²) in [6.45, 7) is 8.79. The van der Waals surface area contributed by atoms with Gasteiger partial charge in [0.25, 0.3) is 0 Å². The molecule has 0 atom stereocenters. The van der Waals surface area contributed by atoms with Crippen molar-refractivity contribution < 1.29 is 9.53 Å². The molecule has 0 aromatic rings. The summed E-state index contributed by atoms with van der Waals surface area (Å²) in [6.07, 6.45) is 1.56. The van der Waals surface area contributed by atoms with Crippen LogP contribution in [0.3, 0.4) is 0 Å². The standard InChI is InChI=1S/C15H22N4O2S/c1-15(2,3)21-14(20)19-7-5-18(6-8-19)12(11-16)10-13-17-4-9-22-13/h10H,4-9H2,1-3H3/b12-10+. The first-order chi connectivity index (χ1) is 10.4. The van der Waals surface area contributed by atoms with Crippen LogP contribution in [0.5, 0.6) is 0 Å². The Morgan fingerprint density at radius 2 is 1.95 bits per heavy atom. The van der Waals surface area contributed by atoms with Gasteiger partial charge in [-0.25, -0.2) is 4.79 Å². The maximum atomic E-state index is 12.0. The third-order valence-corrected chi connectivity index (χ3v) is 4.19. The van der Waals surface area contributed by atoms with E-state index in [-0.39, 0.29) is 6.09 Å². The molecule has 0 unspecified atom stereocenters. The van der Waals surface area contributed by atoms with Gasteiger partial charge in [0.1, 0.15) is 17.4 Å². The van der Waals surface area contributed by atoms with E-state index >= 15 is 0 Å². The first kappa shape index (κ1) is 16.7. The van der Waals surface area contributed by atoms with Gasteiger partial charge < -0.3 is 14.5 Å². The average molecular weight is 322 g/mol. The number of piperazine rings is 1. The van der Waals surface area contributed by atoms with Crippen LogP contribution < -0.4 is 0 Å². The number of carbonyl (C=O) groups excluding carboxylic acids is 1. The van der Waals surface area contributed by atoms with Crippen molar-refractivity contribution in [3.8, 4) is 6.07 Å². The summed E-state index contributed by atoms with van der Waals surface area (Å²) in [5.41, 5.74) is 0.140. The Balaban J connectivity index is 1.91. The number of hydrogen-bond acceptors (Lipinski definition) is 6. The topological polar surface area (TPSA) is 68.9 Å². The van der Waals surface area contributed by atoms with Gasteiger partial charge in [-0.1, -0.05) is 0 Å². The number of nitrogens with zero attached hydrogens (tertiary/aromatic N) is 4. The second-order valence-electron chi connectivity index (χ2n) is 6.16. The third kappa shape index (κ3) is 4.67. The highest BCUT2D eigenvalue weighted by Crippen LogP contribution is 2.17. The van der Waals surface area contributed by atoms with E-state index in [4.69, 9.17) is 4.74 Å². The fourth-order valence-corrected chi connectivity index (χ4v) is 2.98. The molecular formula is C15H22N4O2S. The van der Waals surface area contributed by atoms with E-state index in [1.165, 1.54) is 0 Å². The average Bonchev–Trinajstić information content (AvgIpc) is 2.96. The van der Waals surface area contributed by atoms with Crippen LogP contribution in [-0.2, 0) is 4.74 Å². The highest BCUT2D eigenvalue weighted by atomic mass is 32.2. The minimum atomic E-state index is -0.482. The Hall–Kier alpha value is -1.68. The zero-order valence-electron chi connectivity index (χ0n) is 13.3. The zero-order valence-corrected chi connectivity index (χ0v) is 14.2. The SMILES string of the molecule is CC(C)(C)OC(=O)N1CCN(/C(C#N)=C/C2=NCCS2)CC1. The monoisotopic (exact) mass is 322 g/mol. The van der Waals surface area contributed by atoms with Gasteiger partial charge in [-0.2, -0.15) is 5.26 Å². The Morgan fingerprint density at radius 1 is 1.32 bits per heavy atom. The van der Waals surface area contributed by atoms with Crippen LogP contribution in [0.4, 0.5) is 4.79 Å². The second kappa shape index (κ2) is 7.05. The molecule has 0 aliphatic carbocycles. The van der Waals surface area contributed by atoms with Crippen molar-refractivity contribution in [3.05, 3.63) is 11.8 Å². The summed E-state index contributed by atoms with van der Waals surface area (Å²) in [6, 6.07) is 2.24. The maximum Gasteiger partial charge on any atom is 0.410 e. The van der Waals surface area contributed by atoms with Crippen LogP contribution in [-0.4, -0.2) is 65.0 Å². The molecule has 2 rings (SSSR count). The number of aliphatic imine (C=N–C) groups is 1. The summed E-state index contributed by atoms with van der Waals surface area (Å²) in [5, 5.41) is 10.3. The lowest BCUT2D eigenvalue weighted by molar-refractivity contribution is 0.0172. The molecule has 6 nitrogen and oxygen atoms in total. The molecular weight excluding hydrogens is 300 g/mol. The number of hydrogen-bond donors (Lipinski definition) is 0. The van der Waals surface area contributed by atoms with Gasteiger partial charge in [0.2, 0.25) is 0 Å². The molecule has 0 spiro atoms. The molecule has 1 amide bonds. The fourth-order valence-electron chi connectivity index (χ4n) is 2.21. The lowest BCUT2D eigenvalue weighted by Crippen LogP contribution is -2.49. The number of carbonyl (C=O) groups is 1. The first-order valence-electron chi connectivity index (χ1n) is 7.41. The summed E-state index contributed by atoms with van der Waals surface area (Å²) in [7, 11) is 0. The molecule has 7 heteroatoms. The van der Waals surface area contributed by atoms with Crippen molar-refractivity contribution in [1.82, 2.24) is 9.80 Å². The molecule has 2 aliphatic rings. The van der Waals surface area contributed by atoms with Crippen molar-refractivity contribution in [1.29, 1.82) is 5.26 Å². The van der Waals surface area contributed by atoms with Crippen LogP contribution in [0.2, 0.25) is 0 Å². The summed E-state index contributed by atoms with van der Waals surface area (Å²) < 4.78 is 5.37. The van der Waals surface area contributed by atoms with Crippen LogP contribution in [0.1, 0.15) is 20.8 Å². The minimum absolute atomic E-state index is 0.287.